The second-order valence-electron chi connectivity index (χ2n) is 10.2. The van der Waals surface area contributed by atoms with Gasteiger partial charge in [-0.2, -0.15) is 5.10 Å². The zero-order chi connectivity index (χ0) is 30.4. The first-order valence-corrected chi connectivity index (χ1v) is 15.2. The molecule has 0 fully saturated rings. The van der Waals surface area contributed by atoms with Gasteiger partial charge in [-0.15, -0.1) is 0 Å². The molecule has 0 radical (unpaired) electrons. The van der Waals surface area contributed by atoms with Crippen LogP contribution in [-0.4, -0.2) is 44.3 Å². The van der Waals surface area contributed by atoms with Crippen molar-refractivity contribution < 1.29 is 28.6 Å². The molecule has 0 bridgehead atoms. The summed E-state index contributed by atoms with van der Waals surface area (Å²) in [6.07, 6.45) is 14.5. The predicted molar refractivity (Wildman–Crippen MR) is 165 cm³/mol. The number of nitrogens with one attached hydrogen (secondary N) is 2. The van der Waals surface area contributed by atoms with E-state index in [1.165, 1.54) is 51.8 Å². The number of esters is 1. The molecule has 0 saturated carbocycles. The Morgan fingerprint density at radius 1 is 0.786 bits per heavy atom. The van der Waals surface area contributed by atoms with Crippen molar-refractivity contribution >= 4 is 24.0 Å². The maximum Gasteiger partial charge on any atom is 0.343 e. The SMILES string of the molecule is CCCCCCCCCCCC(=O)NCC(=O)N/N=C/c1ccc(OC(=O)c2ccc(OCCCC)cc2)c(OC)c1. The van der Waals surface area contributed by atoms with E-state index in [1.807, 2.05) is 0 Å². The van der Waals surface area contributed by atoms with Crippen LogP contribution in [0.2, 0.25) is 0 Å². The lowest BCUT2D eigenvalue weighted by atomic mass is 10.1. The predicted octanol–water partition coefficient (Wildman–Crippen LogP) is 6.58. The molecule has 0 aliphatic heterocycles. The van der Waals surface area contributed by atoms with Crippen molar-refractivity contribution in [2.24, 2.45) is 5.10 Å². The van der Waals surface area contributed by atoms with E-state index in [4.69, 9.17) is 14.2 Å². The van der Waals surface area contributed by atoms with Gasteiger partial charge in [-0.3, -0.25) is 9.59 Å². The number of ether oxygens (including phenoxy) is 3. The van der Waals surface area contributed by atoms with Gasteiger partial charge in [-0.25, -0.2) is 10.2 Å². The molecule has 0 unspecified atom stereocenters. The molecular formula is C33H47N3O6. The standard InChI is InChI=1S/C33H47N3O6/c1-4-6-8-9-10-11-12-13-14-15-31(37)34-25-32(38)36-35-24-26-16-21-29(30(23-26)40-3)42-33(39)27-17-19-28(20-18-27)41-22-7-5-2/h16-21,23-24H,4-15,22,25H2,1-3H3,(H,34,37)(H,36,38)/b35-24+. The summed E-state index contributed by atoms with van der Waals surface area (Å²) in [4.78, 5) is 36.7. The summed E-state index contributed by atoms with van der Waals surface area (Å²) < 4.78 is 16.5. The van der Waals surface area contributed by atoms with Gasteiger partial charge in [0.15, 0.2) is 11.5 Å². The lowest BCUT2D eigenvalue weighted by Gasteiger charge is -2.10. The van der Waals surface area contributed by atoms with Crippen molar-refractivity contribution in [3.05, 3.63) is 53.6 Å². The molecule has 0 aliphatic rings. The lowest BCUT2D eigenvalue weighted by Crippen LogP contribution is -2.34. The molecule has 0 spiro atoms. The van der Waals surface area contributed by atoms with Gasteiger partial charge < -0.3 is 19.5 Å². The number of hydrazone groups is 1. The second kappa shape index (κ2) is 20.9. The minimum Gasteiger partial charge on any atom is -0.494 e. The highest BCUT2D eigenvalue weighted by atomic mass is 16.6. The molecule has 42 heavy (non-hydrogen) atoms. The van der Waals surface area contributed by atoms with Crippen molar-refractivity contribution in [2.45, 2.75) is 90.9 Å². The zero-order valence-corrected chi connectivity index (χ0v) is 25.4. The Kier molecular flexibility index (Phi) is 17.1. The molecule has 2 aromatic carbocycles. The van der Waals surface area contributed by atoms with Gasteiger partial charge in [0.05, 0.1) is 32.0 Å². The second-order valence-corrected chi connectivity index (χ2v) is 10.2. The Morgan fingerprint density at radius 3 is 2.12 bits per heavy atom. The van der Waals surface area contributed by atoms with Crippen LogP contribution in [0.15, 0.2) is 47.6 Å². The Hall–Kier alpha value is -3.88. The Balaban J connectivity index is 1.71. The van der Waals surface area contributed by atoms with E-state index in [0.29, 0.717) is 35.7 Å². The zero-order valence-electron chi connectivity index (χ0n) is 25.4. The number of amides is 2. The minimum atomic E-state index is -0.526. The van der Waals surface area contributed by atoms with Crippen LogP contribution in [0.1, 0.15) is 107 Å². The fourth-order valence-corrected chi connectivity index (χ4v) is 4.11. The maximum absolute atomic E-state index is 12.6. The number of rotatable bonds is 21. The molecular weight excluding hydrogens is 534 g/mol. The summed E-state index contributed by atoms with van der Waals surface area (Å²) in [7, 11) is 1.47. The third kappa shape index (κ3) is 14.1. The first kappa shape index (κ1) is 34.3. The Morgan fingerprint density at radius 2 is 1.45 bits per heavy atom. The third-order valence-corrected chi connectivity index (χ3v) is 6.60. The summed E-state index contributed by atoms with van der Waals surface area (Å²) >= 11 is 0. The number of benzene rings is 2. The highest BCUT2D eigenvalue weighted by molar-refractivity contribution is 5.92. The Labute approximate surface area is 250 Å². The first-order valence-electron chi connectivity index (χ1n) is 15.2. The van der Waals surface area contributed by atoms with E-state index in [0.717, 1.165) is 32.1 Å². The quantitative estimate of drug-likeness (QED) is 0.0566. The van der Waals surface area contributed by atoms with Crippen LogP contribution in [0.4, 0.5) is 0 Å². The molecule has 2 aromatic rings. The summed E-state index contributed by atoms with van der Waals surface area (Å²) in [5.74, 6) is 0.199. The van der Waals surface area contributed by atoms with Crippen molar-refractivity contribution in [3.63, 3.8) is 0 Å². The number of nitrogens with zero attached hydrogens (tertiary/aromatic N) is 1. The van der Waals surface area contributed by atoms with E-state index in [9.17, 15) is 14.4 Å². The largest absolute Gasteiger partial charge is 0.494 e. The van der Waals surface area contributed by atoms with Crippen molar-refractivity contribution in [1.29, 1.82) is 0 Å². The van der Waals surface area contributed by atoms with Crippen LogP contribution in [0, 0.1) is 0 Å². The van der Waals surface area contributed by atoms with Gasteiger partial charge in [0, 0.05) is 6.42 Å². The molecule has 2 rings (SSSR count). The van der Waals surface area contributed by atoms with E-state index in [-0.39, 0.29) is 18.2 Å². The number of carbonyl (C=O) groups is 3. The van der Waals surface area contributed by atoms with Crippen molar-refractivity contribution in [1.82, 2.24) is 10.7 Å². The number of unbranched alkanes of at least 4 members (excludes halogenated alkanes) is 9. The molecule has 2 amide bonds. The van der Waals surface area contributed by atoms with E-state index in [1.54, 1.807) is 42.5 Å². The van der Waals surface area contributed by atoms with E-state index < -0.39 is 11.9 Å². The number of hydrogen-bond acceptors (Lipinski definition) is 7. The minimum absolute atomic E-state index is 0.136. The molecule has 0 aromatic heterocycles. The van der Waals surface area contributed by atoms with Crippen LogP contribution in [-0.2, 0) is 9.59 Å². The van der Waals surface area contributed by atoms with E-state index >= 15 is 0 Å². The third-order valence-electron chi connectivity index (χ3n) is 6.60. The van der Waals surface area contributed by atoms with Gasteiger partial charge in [0.25, 0.3) is 5.91 Å². The van der Waals surface area contributed by atoms with Crippen LogP contribution in [0.3, 0.4) is 0 Å². The fourth-order valence-electron chi connectivity index (χ4n) is 4.11. The van der Waals surface area contributed by atoms with Gasteiger partial charge in [-0.05, 0) is 60.9 Å². The summed E-state index contributed by atoms with van der Waals surface area (Å²) in [5, 5.41) is 6.57. The van der Waals surface area contributed by atoms with Gasteiger partial charge in [-0.1, -0.05) is 71.6 Å². The summed E-state index contributed by atoms with van der Waals surface area (Å²) in [6.45, 7) is 4.80. The maximum atomic E-state index is 12.6. The first-order chi connectivity index (χ1) is 20.5. The lowest BCUT2D eigenvalue weighted by molar-refractivity contribution is -0.126. The van der Waals surface area contributed by atoms with Gasteiger partial charge in [0.1, 0.15) is 5.75 Å². The van der Waals surface area contributed by atoms with Crippen molar-refractivity contribution in [3.8, 4) is 17.2 Å². The number of hydrogen-bond donors (Lipinski definition) is 2. The summed E-state index contributed by atoms with van der Waals surface area (Å²) in [5.41, 5.74) is 3.40. The van der Waals surface area contributed by atoms with E-state index in [2.05, 4.69) is 29.7 Å². The van der Waals surface area contributed by atoms with Gasteiger partial charge >= 0.3 is 5.97 Å². The highest BCUT2D eigenvalue weighted by Gasteiger charge is 2.13. The molecule has 0 heterocycles. The highest BCUT2D eigenvalue weighted by Crippen LogP contribution is 2.28. The number of methoxy groups -OCH3 is 1. The van der Waals surface area contributed by atoms with Crippen LogP contribution < -0.4 is 25.0 Å². The molecule has 0 aliphatic carbocycles. The fraction of sp³-hybridized carbons (Fsp3) is 0.515. The van der Waals surface area contributed by atoms with Crippen molar-refractivity contribution in [2.75, 3.05) is 20.3 Å². The average molecular weight is 582 g/mol. The smallest absolute Gasteiger partial charge is 0.343 e. The molecule has 9 heteroatoms. The monoisotopic (exact) mass is 581 g/mol. The van der Waals surface area contributed by atoms with Crippen LogP contribution in [0.25, 0.3) is 0 Å². The molecule has 9 nitrogen and oxygen atoms in total. The topological polar surface area (TPSA) is 115 Å². The van der Waals surface area contributed by atoms with Gasteiger partial charge in [0.2, 0.25) is 5.91 Å². The van der Waals surface area contributed by atoms with Crippen LogP contribution in [0.5, 0.6) is 17.2 Å². The Bertz CT molecular complexity index is 1120. The average Bonchev–Trinajstić information content (AvgIpc) is 3.00. The normalized spacial score (nSPS) is 10.8. The van der Waals surface area contributed by atoms with Crippen LogP contribution >= 0.6 is 0 Å². The molecule has 230 valence electrons. The molecule has 2 N–H and O–H groups in total. The summed E-state index contributed by atoms with van der Waals surface area (Å²) in [6, 6.07) is 11.7. The molecule has 0 atom stereocenters. The molecule has 0 saturated heterocycles. The number of carbonyl (C=O) groups excluding carboxylic acids is 3.